The van der Waals surface area contributed by atoms with Crippen molar-refractivity contribution < 1.29 is 4.79 Å². The molecule has 0 saturated carbocycles. The molecule has 1 amide bonds. The molecule has 1 aliphatic heterocycles. The molecule has 0 unspecified atom stereocenters. The second kappa shape index (κ2) is 8.07. The SMILES string of the molecule is CC(C)c1cc(=O)n(CC(=O)Nc2cc(N3CCCCC3)ncn2)cn1. The second-order valence-electron chi connectivity index (χ2n) is 6.79. The van der Waals surface area contributed by atoms with E-state index in [4.69, 9.17) is 0 Å². The van der Waals surface area contributed by atoms with Crippen LogP contribution in [0.4, 0.5) is 11.6 Å². The number of carbonyl (C=O) groups is 1. The minimum atomic E-state index is -0.325. The summed E-state index contributed by atoms with van der Waals surface area (Å²) in [5, 5.41) is 2.73. The first-order valence-corrected chi connectivity index (χ1v) is 8.96. The number of anilines is 2. The van der Waals surface area contributed by atoms with E-state index in [1.807, 2.05) is 13.8 Å². The van der Waals surface area contributed by atoms with E-state index >= 15 is 0 Å². The molecular weight excluding hydrogens is 332 g/mol. The van der Waals surface area contributed by atoms with E-state index in [-0.39, 0.29) is 23.9 Å². The fraction of sp³-hybridized carbons (Fsp3) is 0.500. The monoisotopic (exact) mass is 356 g/mol. The summed E-state index contributed by atoms with van der Waals surface area (Å²) in [5.41, 5.74) is 0.476. The van der Waals surface area contributed by atoms with Gasteiger partial charge in [-0.05, 0) is 25.2 Å². The predicted molar refractivity (Wildman–Crippen MR) is 99.3 cm³/mol. The predicted octanol–water partition coefficient (Wildman–Crippen LogP) is 1.79. The van der Waals surface area contributed by atoms with Gasteiger partial charge in [0.15, 0.2) is 0 Å². The molecular formula is C18H24N6O2. The van der Waals surface area contributed by atoms with E-state index in [1.165, 1.54) is 29.7 Å². The van der Waals surface area contributed by atoms with Gasteiger partial charge in [0.05, 0.1) is 12.0 Å². The zero-order valence-electron chi connectivity index (χ0n) is 15.2. The van der Waals surface area contributed by atoms with Crippen molar-refractivity contribution in [1.82, 2.24) is 19.5 Å². The maximum atomic E-state index is 12.3. The molecule has 1 saturated heterocycles. The largest absolute Gasteiger partial charge is 0.356 e. The van der Waals surface area contributed by atoms with Crippen LogP contribution in [0.2, 0.25) is 0 Å². The van der Waals surface area contributed by atoms with Crippen LogP contribution in [-0.2, 0) is 11.3 Å². The first kappa shape index (κ1) is 18.0. The Balaban J connectivity index is 1.66. The van der Waals surface area contributed by atoms with Crippen molar-refractivity contribution >= 4 is 17.5 Å². The fourth-order valence-corrected chi connectivity index (χ4v) is 2.92. The van der Waals surface area contributed by atoms with Crippen molar-refractivity contribution in [2.45, 2.75) is 45.6 Å². The van der Waals surface area contributed by atoms with Crippen molar-refractivity contribution in [3.8, 4) is 0 Å². The highest BCUT2D eigenvalue weighted by Gasteiger charge is 2.14. The highest BCUT2D eigenvalue weighted by molar-refractivity contribution is 5.89. The Hall–Kier alpha value is -2.77. The molecule has 1 fully saturated rings. The van der Waals surface area contributed by atoms with Crippen LogP contribution in [0.25, 0.3) is 0 Å². The maximum Gasteiger partial charge on any atom is 0.254 e. The zero-order chi connectivity index (χ0) is 18.5. The van der Waals surface area contributed by atoms with E-state index < -0.39 is 0 Å². The summed E-state index contributed by atoms with van der Waals surface area (Å²) in [4.78, 5) is 39.2. The number of carbonyl (C=O) groups excluding carboxylic acids is 1. The number of nitrogens with one attached hydrogen (secondary N) is 1. The molecule has 1 aliphatic rings. The minimum absolute atomic E-state index is 0.104. The van der Waals surface area contributed by atoms with Crippen molar-refractivity contribution in [3.63, 3.8) is 0 Å². The summed E-state index contributed by atoms with van der Waals surface area (Å²) in [7, 11) is 0. The first-order chi connectivity index (χ1) is 12.5. The van der Waals surface area contributed by atoms with E-state index in [0.29, 0.717) is 11.5 Å². The van der Waals surface area contributed by atoms with Gasteiger partial charge < -0.3 is 10.2 Å². The topological polar surface area (TPSA) is 93.0 Å². The van der Waals surface area contributed by atoms with Gasteiger partial charge in [0.1, 0.15) is 24.5 Å². The van der Waals surface area contributed by atoms with Gasteiger partial charge in [-0.1, -0.05) is 13.8 Å². The molecule has 3 rings (SSSR count). The molecule has 0 radical (unpaired) electrons. The van der Waals surface area contributed by atoms with Gasteiger partial charge in [-0.3, -0.25) is 14.2 Å². The Kier molecular flexibility index (Phi) is 5.60. The van der Waals surface area contributed by atoms with E-state index in [9.17, 15) is 9.59 Å². The molecule has 26 heavy (non-hydrogen) atoms. The van der Waals surface area contributed by atoms with Gasteiger partial charge in [-0.25, -0.2) is 15.0 Å². The molecule has 8 heteroatoms. The van der Waals surface area contributed by atoms with Crippen LogP contribution < -0.4 is 15.8 Å². The van der Waals surface area contributed by atoms with Crippen molar-refractivity contribution in [2.24, 2.45) is 0 Å². The average Bonchev–Trinajstić information content (AvgIpc) is 2.64. The number of piperidine rings is 1. The van der Waals surface area contributed by atoms with Crippen molar-refractivity contribution in [2.75, 3.05) is 23.3 Å². The molecule has 0 spiro atoms. The van der Waals surface area contributed by atoms with Gasteiger partial charge >= 0.3 is 0 Å². The quantitative estimate of drug-likeness (QED) is 0.878. The lowest BCUT2D eigenvalue weighted by atomic mass is 10.1. The Bertz CT molecular complexity index is 826. The minimum Gasteiger partial charge on any atom is -0.356 e. The zero-order valence-corrected chi connectivity index (χ0v) is 15.2. The summed E-state index contributed by atoms with van der Waals surface area (Å²) >= 11 is 0. The molecule has 0 aromatic carbocycles. The summed E-state index contributed by atoms with van der Waals surface area (Å²) in [6, 6.07) is 3.24. The standard InChI is InChI=1S/C18H24N6O2/c1-13(2)14-8-18(26)24(12-21-14)10-17(25)22-15-9-16(20-11-19-15)23-6-4-3-5-7-23/h8-9,11-13H,3-7,10H2,1-2H3,(H,19,20,22,25). The summed E-state index contributed by atoms with van der Waals surface area (Å²) < 4.78 is 1.29. The van der Waals surface area contributed by atoms with Crippen LogP contribution in [0.5, 0.6) is 0 Å². The van der Waals surface area contributed by atoms with Crippen LogP contribution in [0.15, 0.2) is 29.6 Å². The van der Waals surface area contributed by atoms with E-state index in [2.05, 4.69) is 25.2 Å². The molecule has 8 nitrogen and oxygen atoms in total. The highest BCUT2D eigenvalue weighted by atomic mass is 16.2. The molecule has 138 valence electrons. The Morgan fingerprint density at radius 1 is 1.15 bits per heavy atom. The Morgan fingerprint density at radius 3 is 2.62 bits per heavy atom. The Morgan fingerprint density at radius 2 is 1.92 bits per heavy atom. The first-order valence-electron chi connectivity index (χ1n) is 8.96. The fourth-order valence-electron chi connectivity index (χ4n) is 2.92. The van der Waals surface area contributed by atoms with Crippen molar-refractivity contribution in [1.29, 1.82) is 0 Å². The number of hydrogen-bond donors (Lipinski definition) is 1. The van der Waals surface area contributed by atoms with Crippen LogP contribution in [0, 0.1) is 0 Å². The van der Waals surface area contributed by atoms with E-state index in [1.54, 1.807) is 6.07 Å². The Labute approximate surface area is 152 Å². The lowest BCUT2D eigenvalue weighted by Gasteiger charge is -2.27. The molecule has 3 heterocycles. The third kappa shape index (κ3) is 4.44. The van der Waals surface area contributed by atoms with Crippen LogP contribution >= 0.6 is 0 Å². The number of nitrogens with zero attached hydrogens (tertiary/aromatic N) is 5. The highest BCUT2D eigenvalue weighted by Crippen LogP contribution is 2.19. The normalized spacial score (nSPS) is 14.5. The number of rotatable bonds is 5. The third-order valence-corrected chi connectivity index (χ3v) is 4.41. The second-order valence-corrected chi connectivity index (χ2v) is 6.79. The molecule has 1 N–H and O–H groups in total. The lowest BCUT2D eigenvalue weighted by Crippen LogP contribution is -2.30. The number of aromatic nitrogens is 4. The lowest BCUT2D eigenvalue weighted by molar-refractivity contribution is -0.116. The molecule has 2 aromatic heterocycles. The van der Waals surface area contributed by atoms with Gasteiger partial charge in [0.25, 0.3) is 5.56 Å². The molecule has 0 bridgehead atoms. The van der Waals surface area contributed by atoms with E-state index in [0.717, 1.165) is 31.7 Å². The number of amides is 1. The van der Waals surface area contributed by atoms with Gasteiger partial charge in [-0.15, -0.1) is 0 Å². The van der Waals surface area contributed by atoms with Crippen LogP contribution in [0.3, 0.4) is 0 Å². The maximum absolute atomic E-state index is 12.3. The van der Waals surface area contributed by atoms with Gasteiger partial charge in [0, 0.05) is 25.2 Å². The molecule has 0 aliphatic carbocycles. The average molecular weight is 356 g/mol. The molecule has 2 aromatic rings. The number of hydrogen-bond acceptors (Lipinski definition) is 6. The summed E-state index contributed by atoms with van der Waals surface area (Å²) in [5.74, 6) is 1.09. The smallest absolute Gasteiger partial charge is 0.254 e. The molecule has 0 atom stereocenters. The van der Waals surface area contributed by atoms with Crippen LogP contribution in [0.1, 0.15) is 44.7 Å². The summed E-state index contributed by atoms with van der Waals surface area (Å²) in [6.45, 7) is 5.76. The summed E-state index contributed by atoms with van der Waals surface area (Å²) in [6.07, 6.45) is 6.40. The van der Waals surface area contributed by atoms with Gasteiger partial charge in [-0.2, -0.15) is 0 Å². The van der Waals surface area contributed by atoms with Crippen LogP contribution in [-0.4, -0.2) is 38.5 Å². The van der Waals surface area contributed by atoms with Gasteiger partial charge in [0.2, 0.25) is 5.91 Å². The van der Waals surface area contributed by atoms with Crippen molar-refractivity contribution in [3.05, 3.63) is 40.8 Å². The third-order valence-electron chi connectivity index (χ3n) is 4.41.